The summed E-state index contributed by atoms with van der Waals surface area (Å²) in [6.45, 7) is 8.55. The molecule has 182 valence electrons. The normalized spacial score (nSPS) is 13.0. The van der Waals surface area contributed by atoms with Crippen LogP contribution in [-0.2, 0) is 10.3 Å². The zero-order chi connectivity index (χ0) is 25.1. The fourth-order valence-corrected chi connectivity index (χ4v) is 3.53. The van der Waals surface area contributed by atoms with Crippen LogP contribution in [0, 0.1) is 0 Å². The van der Waals surface area contributed by atoms with Crippen LogP contribution in [0.1, 0.15) is 49.9 Å². The molecule has 0 bridgehead atoms. The van der Waals surface area contributed by atoms with Crippen molar-refractivity contribution in [1.82, 2.24) is 0 Å². The Morgan fingerprint density at radius 2 is 1.23 bits per heavy atom. The molecule has 0 saturated heterocycles. The zero-order valence-electron chi connectivity index (χ0n) is 20.8. The van der Waals surface area contributed by atoms with Crippen molar-refractivity contribution in [3.8, 4) is 11.5 Å². The van der Waals surface area contributed by atoms with Crippen molar-refractivity contribution in [2.24, 2.45) is 0 Å². The van der Waals surface area contributed by atoms with Crippen LogP contribution < -0.4 is 9.47 Å². The molecule has 0 radical (unpaired) electrons. The van der Waals surface area contributed by atoms with Crippen molar-refractivity contribution in [3.05, 3.63) is 113 Å². The highest BCUT2D eigenvalue weighted by molar-refractivity contribution is 5.58. The first-order chi connectivity index (χ1) is 16.9. The van der Waals surface area contributed by atoms with E-state index < -0.39 is 5.60 Å². The van der Waals surface area contributed by atoms with Crippen molar-refractivity contribution in [2.45, 2.75) is 39.6 Å². The van der Waals surface area contributed by atoms with Crippen molar-refractivity contribution < 1.29 is 19.3 Å². The van der Waals surface area contributed by atoms with E-state index in [1.165, 1.54) is 0 Å². The molecule has 0 aliphatic carbocycles. The molecule has 35 heavy (non-hydrogen) atoms. The van der Waals surface area contributed by atoms with Gasteiger partial charge in [-0.1, -0.05) is 72.8 Å². The molecular formula is C31H34O4. The number of aliphatic hydroxyl groups is 1. The Morgan fingerprint density at radius 3 is 1.74 bits per heavy atom. The van der Waals surface area contributed by atoms with Crippen LogP contribution in [0.4, 0.5) is 0 Å². The van der Waals surface area contributed by atoms with Crippen molar-refractivity contribution in [1.29, 1.82) is 0 Å². The molecule has 3 rings (SSSR count). The van der Waals surface area contributed by atoms with Crippen LogP contribution in [0.5, 0.6) is 11.5 Å². The van der Waals surface area contributed by atoms with Crippen LogP contribution in [0.3, 0.4) is 0 Å². The summed E-state index contributed by atoms with van der Waals surface area (Å²) in [4.78, 5) is 0. The van der Waals surface area contributed by atoms with Crippen LogP contribution in [0.2, 0.25) is 0 Å². The largest absolute Gasteiger partial charge is 0.516 e. The third kappa shape index (κ3) is 8.20. The number of ether oxygens (including phenoxy) is 3. The average Bonchev–Trinajstić information content (AvgIpc) is 2.84. The summed E-state index contributed by atoms with van der Waals surface area (Å²) in [5.74, 6) is 1.60. The smallest absolute Gasteiger partial charge is 0.196 e. The molecule has 1 N–H and O–H groups in total. The van der Waals surface area contributed by atoms with Gasteiger partial charge >= 0.3 is 0 Å². The predicted octanol–water partition coefficient (Wildman–Crippen LogP) is 8.02. The van der Waals surface area contributed by atoms with Crippen molar-refractivity contribution in [3.63, 3.8) is 0 Å². The van der Waals surface area contributed by atoms with E-state index in [-0.39, 0.29) is 6.29 Å². The average molecular weight is 471 g/mol. The lowest BCUT2D eigenvalue weighted by Gasteiger charge is -2.27. The molecule has 0 heterocycles. The second-order valence-electron chi connectivity index (χ2n) is 8.55. The quantitative estimate of drug-likeness (QED) is 0.175. The van der Waals surface area contributed by atoms with E-state index >= 15 is 0 Å². The lowest BCUT2D eigenvalue weighted by atomic mass is 9.96. The standard InChI is InChI=1S/C31H34O4/c1-5-33-24(2)34-29-18-12-25(13-19-29)8-6-7-9-26-14-20-30(21-15-26)35-31(3,4)28-16-10-27(11-17-28)22-23-32/h6-24,32H,5H2,1-4H3. The molecule has 0 saturated carbocycles. The monoisotopic (exact) mass is 470 g/mol. The Labute approximate surface area is 208 Å². The molecule has 0 fully saturated rings. The van der Waals surface area contributed by atoms with E-state index in [1.807, 2.05) is 119 Å². The summed E-state index contributed by atoms with van der Waals surface area (Å²) < 4.78 is 17.3. The number of hydrogen-bond acceptors (Lipinski definition) is 4. The number of benzene rings is 3. The fourth-order valence-electron chi connectivity index (χ4n) is 3.53. The van der Waals surface area contributed by atoms with Crippen molar-refractivity contribution in [2.75, 3.05) is 6.61 Å². The number of aliphatic hydroxyl groups excluding tert-OH is 1. The number of hydrogen-bond donors (Lipinski definition) is 1. The summed E-state index contributed by atoms with van der Waals surface area (Å²) in [6, 6.07) is 23.9. The zero-order valence-corrected chi connectivity index (χ0v) is 20.8. The molecule has 0 spiro atoms. The maximum absolute atomic E-state index is 8.91. The first kappa shape index (κ1) is 25.9. The maximum atomic E-state index is 8.91. The van der Waals surface area contributed by atoms with Gasteiger partial charge < -0.3 is 19.3 Å². The van der Waals surface area contributed by atoms with E-state index in [1.54, 1.807) is 6.08 Å². The summed E-state index contributed by atoms with van der Waals surface area (Å²) in [5, 5.41) is 8.91. The lowest BCUT2D eigenvalue weighted by molar-refractivity contribution is -0.0613. The molecule has 3 aromatic carbocycles. The minimum Gasteiger partial charge on any atom is -0.516 e. The van der Waals surface area contributed by atoms with E-state index in [0.29, 0.717) is 6.61 Å². The SMILES string of the molecule is CCOC(C)Oc1ccc(C=CC=Cc2ccc(OC(C)(C)c3ccc(C=CO)cc3)cc2)cc1. The molecule has 0 aliphatic rings. The maximum Gasteiger partial charge on any atom is 0.196 e. The predicted molar refractivity (Wildman–Crippen MR) is 144 cm³/mol. The van der Waals surface area contributed by atoms with E-state index in [4.69, 9.17) is 19.3 Å². The molecule has 0 amide bonds. The van der Waals surface area contributed by atoms with Gasteiger partial charge in [0, 0.05) is 6.61 Å². The molecule has 0 aromatic heterocycles. The Morgan fingerprint density at radius 1 is 0.743 bits per heavy atom. The van der Waals surface area contributed by atoms with Crippen molar-refractivity contribution >= 4 is 18.2 Å². The van der Waals surface area contributed by atoms with Gasteiger partial charge in [0.1, 0.15) is 17.1 Å². The van der Waals surface area contributed by atoms with Gasteiger partial charge in [0.2, 0.25) is 0 Å². The van der Waals surface area contributed by atoms with Gasteiger partial charge in [-0.3, -0.25) is 0 Å². The number of allylic oxidation sites excluding steroid dienone is 2. The second kappa shape index (κ2) is 12.6. The molecule has 1 unspecified atom stereocenters. The summed E-state index contributed by atoms with van der Waals surface area (Å²) >= 11 is 0. The lowest BCUT2D eigenvalue weighted by Crippen LogP contribution is -2.25. The number of rotatable bonds is 11. The highest BCUT2D eigenvalue weighted by atomic mass is 16.7. The first-order valence-corrected chi connectivity index (χ1v) is 11.8. The van der Waals surface area contributed by atoms with Gasteiger partial charge in [0.25, 0.3) is 0 Å². The Hall–Kier alpha value is -3.76. The minimum atomic E-state index is -0.483. The van der Waals surface area contributed by atoms with E-state index in [9.17, 15) is 0 Å². The van der Waals surface area contributed by atoms with Crippen LogP contribution in [0.15, 0.2) is 91.2 Å². The third-order valence-electron chi connectivity index (χ3n) is 5.40. The first-order valence-electron chi connectivity index (χ1n) is 11.8. The summed E-state index contributed by atoms with van der Waals surface area (Å²) in [5.41, 5.74) is 3.70. The van der Waals surface area contributed by atoms with Gasteiger partial charge in [-0.25, -0.2) is 0 Å². The molecule has 0 aliphatic heterocycles. The molecule has 1 atom stereocenters. The van der Waals surface area contributed by atoms with E-state index in [0.717, 1.165) is 40.0 Å². The van der Waals surface area contributed by atoms with Crippen LogP contribution >= 0.6 is 0 Å². The minimum absolute atomic E-state index is 0.256. The van der Waals surface area contributed by atoms with Gasteiger partial charge in [-0.15, -0.1) is 0 Å². The third-order valence-corrected chi connectivity index (χ3v) is 5.40. The molecule has 3 aromatic rings. The van der Waals surface area contributed by atoms with Crippen LogP contribution in [0.25, 0.3) is 18.2 Å². The van der Waals surface area contributed by atoms with Crippen LogP contribution in [-0.4, -0.2) is 18.0 Å². The molecular weight excluding hydrogens is 436 g/mol. The highest BCUT2D eigenvalue weighted by Gasteiger charge is 2.22. The summed E-state index contributed by atoms with van der Waals surface area (Å²) in [6.07, 6.45) is 10.6. The Balaban J connectivity index is 1.54. The Bertz CT molecular complexity index is 1120. The van der Waals surface area contributed by atoms with Gasteiger partial charge in [0.15, 0.2) is 6.29 Å². The van der Waals surface area contributed by atoms with E-state index in [2.05, 4.69) is 6.08 Å². The van der Waals surface area contributed by atoms with Gasteiger partial charge in [-0.2, -0.15) is 0 Å². The topological polar surface area (TPSA) is 47.9 Å². The highest BCUT2D eigenvalue weighted by Crippen LogP contribution is 2.28. The molecule has 4 nitrogen and oxygen atoms in total. The second-order valence-corrected chi connectivity index (χ2v) is 8.55. The molecule has 4 heteroatoms. The summed E-state index contributed by atoms with van der Waals surface area (Å²) in [7, 11) is 0. The van der Waals surface area contributed by atoms with Gasteiger partial charge in [0.05, 0.1) is 6.26 Å². The van der Waals surface area contributed by atoms with Gasteiger partial charge in [-0.05, 0) is 80.3 Å². The Kier molecular flexibility index (Phi) is 9.33. The fraction of sp³-hybridized carbons (Fsp3) is 0.226.